The zero-order chi connectivity index (χ0) is 22.2. The van der Waals surface area contributed by atoms with E-state index in [-0.39, 0.29) is 0 Å². The molecule has 0 fully saturated rings. The summed E-state index contributed by atoms with van der Waals surface area (Å²) in [7, 11) is 1.60. The van der Waals surface area contributed by atoms with Crippen LogP contribution in [0.2, 0.25) is 5.02 Å². The average Bonchev–Trinajstić information content (AvgIpc) is 2.78. The van der Waals surface area contributed by atoms with Gasteiger partial charge in [-0.15, -0.1) is 6.58 Å². The Bertz CT molecular complexity index is 1150. The smallest absolute Gasteiger partial charge is 0.165 e. The molecule has 0 aromatic heterocycles. The molecule has 31 heavy (non-hydrogen) atoms. The maximum Gasteiger partial charge on any atom is 0.165 e. The Labute approximate surface area is 196 Å². The highest BCUT2D eigenvalue weighted by Gasteiger charge is 2.14. The third-order valence-electron chi connectivity index (χ3n) is 4.63. The zero-order valence-corrected chi connectivity index (χ0v) is 19.4. The quantitative estimate of drug-likeness (QED) is 0.185. The van der Waals surface area contributed by atoms with Crippen LogP contribution in [0.25, 0.3) is 11.6 Å². The van der Waals surface area contributed by atoms with Crippen molar-refractivity contribution in [2.75, 3.05) is 7.11 Å². The molecule has 0 N–H and O–H groups in total. The van der Waals surface area contributed by atoms with Gasteiger partial charge in [-0.3, -0.25) is 0 Å². The molecule has 0 saturated heterocycles. The molecule has 3 aromatic rings. The Balaban J connectivity index is 1.99. The molecule has 0 atom stereocenters. The van der Waals surface area contributed by atoms with Gasteiger partial charge in [-0.05, 0) is 54.0 Å². The van der Waals surface area contributed by atoms with Crippen molar-refractivity contribution in [3.63, 3.8) is 0 Å². The minimum Gasteiger partial charge on any atom is -0.493 e. The first-order valence-electron chi connectivity index (χ1n) is 9.61. The maximum atomic E-state index is 9.70. The van der Waals surface area contributed by atoms with E-state index in [2.05, 4.69) is 28.6 Å². The number of nitriles is 1. The first-order chi connectivity index (χ1) is 15.0. The molecule has 0 unspecified atom stereocenters. The van der Waals surface area contributed by atoms with Gasteiger partial charge in [0, 0.05) is 20.6 Å². The van der Waals surface area contributed by atoms with Crippen molar-refractivity contribution < 1.29 is 9.47 Å². The molecule has 0 radical (unpaired) electrons. The fraction of sp³-hybridized carbons (Fsp3) is 0.115. The Morgan fingerprint density at radius 3 is 2.55 bits per heavy atom. The molecule has 0 aliphatic heterocycles. The average molecular weight is 495 g/mol. The van der Waals surface area contributed by atoms with E-state index < -0.39 is 0 Å². The largest absolute Gasteiger partial charge is 0.493 e. The van der Waals surface area contributed by atoms with E-state index in [1.165, 1.54) is 0 Å². The van der Waals surface area contributed by atoms with Gasteiger partial charge in [0.1, 0.15) is 6.61 Å². The van der Waals surface area contributed by atoms with Crippen LogP contribution in [0.15, 0.2) is 77.8 Å². The molecular formula is C26H21BrClNO2. The second-order valence-corrected chi connectivity index (χ2v) is 8.09. The molecule has 156 valence electrons. The normalized spacial score (nSPS) is 11.0. The SMILES string of the molecule is C=CCc1cc(C=C(C#N)c2ccccc2Cl)cc(OC)c1OCc1ccc(Br)cc1. The highest BCUT2D eigenvalue weighted by atomic mass is 79.9. The van der Waals surface area contributed by atoms with Gasteiger partial charge in [-0.1, -0.05) is 63.9 Å². The monoisotopic (exact) mass is 493 g/mol. The van der Waals surface area contributed by atoms with Crippen LogP contribution in [0.1, 0.15) is 22.3 Å². The van der Waals surface area contributed by atoms with Crippen molar-refractivity contribution in [3.05, 3.63) is 105 Å². The van der Waals surface area contributed by atoms with Gasteiger partial charge in [-0.2, -0.15) is 5.26 Å². The number of allylic oxidation sites excluding steroid dienone is 2. The lowest BCUT2D eigenvalue weighted by molar-refractivity contribution is 0.282. The van der Waals surface area contributed by atoms with Gasteiger partial charge < -0.3 is 9.47 Å². The molecule has 0 aliphatic rings. The van der Waals surface area contributed by atoms with E-state index in [1.54, 1.807) is 19.3 Å². The minimum atomic E-state index is 0.409. The molecule has 0 bridgehead atoms. The predicted molar refractivity (Wildman–Crippen MR) is 130 cm³/mol. The Kier molecular flexibility index (Phi) is 7.94. The summed E-state index contributed by atoms with van der Waals surface area (Å²) >= 11 is 9.73. The van der Waals surface area contributed by atoms with Crippen LogP contribution in [-0.2, 0) is 13.0 Å². The summed E-state index contributed by atoms with van der Waals surface area (Å²) in [5.41, 5.74) is 3.95. The van der Waals surface area contributed by atoms with E-state index in [0.29, 0.717) is 40.7 Å². The molecule has 3 nitrogen and oxygen atoms in total. The highest BCUT2D eigenvalue weighted by Crippen LogP contribution is 2.36. The maximum absolute atomic E-state index is 9.70. The van der Waals surface area contributed by atoms with Crippen LogP contribution in [-0.4, -0.2) is 7.11 Å². The van der Waals surface area contributed by atoms with E-state index in [1.807, 2.05) is 60.7 Å². The van der Waals surface area contributed by atoms with Crippen LogP contribution in [0, 0.1) is 11.3 Å². The fourth-order valence-electron chi connectivity index (χ4n) is 3.14. The summed E-state index contributed by atoms with van der Waals surface area (Å²) < 4.78 is 12.8. The van der Waals surface area contributed by atoms with Crippen LogP contribution >= 0.6 is 27.5 Å². The molecule has 3 aromatic carbocycles. The Morgan fingerprint density at radius 1 is 1.16 bits per heavy atom. The van der Waals surface area contributed by atoms with Crippen molar-refractivity contribution in [1.29, 1.82) is 5.26 Å². The van der Waals surface area contributed by atoms with Crippen molar-refractivity contribution in [2.45, 2.75) is 13.0 Å². The van der Waals surface area contributed by atoms with Gasteiger partial charge in [0.25, 0.3) is 0 Å². The van der Waals surface area contributed by atoms with Crippen molar-refractivity contribution in [2.24, 2.45) is 0 Å². The van der Waals surface area contributed by atoms with Gasteiger partial charge >= 0.3 is 0 Å². The molecule has 5 heteroatoms. The topological polar surface area (TPSA) is 42.2 Å². The van der Waals surface area contributed by atoms with Crippen LogP contribution in [0.4, 0.5) is 0 Å². The molecule has 0 aliphatic carbocycles. The van der Waals surface area contributed by atoms with Crippen molar-refractivity contribution in [3.8, 4) is 17.6 Å². The van der Waals surface area contributed by atoms with Gasteiger partial charge in [-0.25, -0.2) is 0 Å². The molecule has 0 saturated carbocycles. The van der Waals surface area contributed by atoms with Crippen LogP contribution < -0.4 is 9.47 Å². The van der Waals surface area contributed by atoms with E-state index in [0.717, 1.165) is 21.2 Å². The highest BCUT2D eigenvalue weighted by molar-refractivity contribution is 9.10. The number of nitrogens with zero attached hydrogens (tertiary/aromatic N) is 1. The standard InChI is InChI=1S/C26H21BrClNO2/c1-3-6-20-13-19(14-21(16-29)23-7-4-5-8-24(23)28)15-25(30-2)26(20)31-17-18-9-11-22(27)12-10-18/h3-5,7-15H,1,6,17H2,2H3. The van der Waals surface area contributed by atoms with Crippen LogP contribution in [0.5, 0.6) is 11.5 Å². The van der Waals surface area contributed by atoms with Gasteiger partial charge in [0.15, 0.2) is 11.5 Å². The van der Waals surface area contributed by atoms with Gasteiger partial charge in [0.05, 0.1) is 18.8 Å². The third-order valence-corrected chi connectivity index (χ3v) is 5.49. The molecule has 0 spiro atoms. The number of benzene rings is 3. The first-order valence-corrected chi connectivity index (χ1v) is 10.8. The number of ether oxygens (including phenoxy) is 2. The number of halogens is 2. The summed E-state index contributed by atoms with van der Waals surface area (Å²) in [6.45, 7) is 4.27. The Hall–Kier alpha value is -3.00. The lowest BCUT2D eigenvalue weighted by atomic mass is 10.0. The van der Waals surface area contributed by atoms with Crippen molar-refractivity contribution in [1.82, 2.24) is 0 Å². The molecule has 3 rings (SSSR count). The van der Waals surface area contributed by atoms with Crippen LogP contribution in [0.3, 0.4) is 0 Å². The fourth-order valence-corrected chi connectivity index (χ4v) is 3.64. The predicted octanol–water partition coefficient (Wildman–Crippen LogP) is 7.48. The number of methoxy groups -OCH3 is 1. The molecular weight excluding hydrogens is 474 g/mol. The first kappa shape index (κ1) is 22.7. The van der Waals surface area contributed by atoms with Crippen molar-refractivity contribution >= 4 is 39.2 Å². The molecule has 0 amide bonds. The van der Waals surface area contributed by atoms with E-state index in [9.17, 15) is 5.26 Å². The summed E-state index contributed by atoms with van der Waals surface area (Å²) in [4.78, 5) is 0. The number of hydrogen-bond acceptors (Lipinski definition) is 3. The number of rotatable bonds is 8. The minimum absolute atomic E-state index is 0.409. The lowest BCUT2D eigenvalue weighted by Gasteiger charge is -2.16. The summed E-state index contributed by atoms with van der Waals surface area (Å²) in [6, 6.07) is 21.3. The molecule has 0 heterocycles. The summed E-state index contributed by atoms with van der Waals surface area (Å²) in [6.07, 6.45) is 4.21. The summed E-state index contributed by atoms with van der Waals surface area (Å²) in [5, 5.41) is 10.2. The zero-order valence-electron chi connectivity index (χ0n) is 17.1. The number of hydrogen-bond donors (Lipinski definition) is 0. The summed E-state index contributed by atoms with van der Waals surface area (Å²) in [5.74, 6) is 1.26. The second-order valence-electron chi connectivity index (χ2n) is 6.77. The van der Waals surface area contributed by atoms with Gasteiger partial charge in [0.2, 0.25) is 0 Å². The second kappa shape index (κ2) is 10.9. The lowest BCUT2D eigenvalue weighted by Crippen LogP contribution is -2.02. The van der Waals surface area contributed by atoms with E-state index >= 15 is 0 Å². The Morgan fingerprint density at radius 2 is 1.90 bits per heavy atom. The van der Waals surface area contributed by atoms with E-state index in [4.69, 9.17) is 21.1 Å². The third kappa shape index (κ3) is 5.79.